The molecular weight excluding hydrogens is 530 g/mol. The highest BCUT2D eigenvalue weighted by molar-refractivity contribution is 9.10. The van der Waals surface area contributed by atoms with Gasteiger partial charge in [0.1, 0.15) is 5.75 Å². The number of hydrogen-bond donors (Lipinski definition) is 2. The van der Waals surface area contributed by atoms with Gasteiger partial charge in [-0.2, -0.15) is 0 Å². The molecule has 0 aliphatic carbocycles. The van der Waals surface area contributed by atoms with Crippen LogP contribution >= 0.6 is 15.9 Å². The molecule has 2 bridgehead atoms. The van der Waals surface area contributed by atoms with Gasteiger partial charge >= 0.3 is 6.09 Å². The fourth-order valence-corrected chi connectivity index (χ4v) is 6.69. The summed E-state index contributed by atoms with van der Waals surface area (Å²) >= 11 is 3.53. The largest absolute Gasteiger partial charge is 0.495 e. The van der Waals surface area contributed by atoms with Crippen LogP contribution in [0.1, 0.15) is 68.9 Å². The first-order valence-corrected chi connectivity index (χ1v) is 14.6. The second-order valence-corrected chi connectivity index (χ2v) is 11.6. The summed E-state index contributed by atoms with van der Waals surface area (Å²) in [5.74, 6) is 0.631. The molecule has 0 aromatic heterocycles. The molecule has 2 heterocycles. The Bertz CT molecular complexity index is 1020. The van der Waals surface area contributed by atoms with E-state index in [0.717, 1.165) is 42.5 Å². The van der Waals surface area contributed by atoms with Crippen molar-refractivity contribution in [1.29, 1.82) is 0 Å². The van der Waals surface area contributed by atoms with Crippen LogP contribution in [0.4, 0.5) is 10.5 Å². The molecule has 4 rings (SSSR count). The van der Waals surface area contributed by atoms with Gasteiger partial charge in [0.05, 0.1) is 12.8 Å². The smallest absolute Gasteiger partial charge is 0.412 e. The molecule has 2 saturated heterocycles. The number of aryl methyl sites for hydroxylation is 1. The maximum absolute atomic E-state index is 12.4. The number of benzene rings is 2. The molecule has 7 heteroatoms. The van der Waals surface area contributed by atoms with E-state index >= 15 is 0 Å². The van der Waals surface area contributed by atoms with Crippen molar-refractivity contribution >= 4 is 27.7 Å². The van der Waals surface area contributed by atoms with Gasteiger partial charge in [-0.05, 0) is 93.9 Å². The molecule has 2 unspecified atom stereocenters. The molecule has 2 aromatic carbocycles. The number of unbranched alkanes of at least 4 members (excludes halogenated alkanes) is 3. The first kappa shape index (κ1) is 27.9. The zero-order chi connectivity index (χ0) is 26.2. The Morgan fingerprint density at radius 3 is 2.57 bits per heavy atom. The number of piperidine rings is 2. The highest BCUT2D eigenvalue weighted by Gasteiger charge is 2.42. The topological polar surface area (TPSA) is 65.0 Å². The van der Waals surface area contributed by atoms with Gasteiger partial charge in [0.2, 0.25) is 0 Å². The van der Waals surface area contributed by atoms with Gasteiger partial charge in [-0.25, -0.2) is 4.79 Å². The quantitative estimate of drug-likeness (QED) is 0.269. The predicted molar refractivity (Wildman–Crippen MR) is 154 cm³/mol. The minimum absolute atomic E-state index is 0.00365. The van der Waals surface area contributed by atoms with Gasteiger partial charge in [-0.1, -0.05) is 53.4 Å². The zero-order valence-electron chi connectivity index (χ0n) is 22.3. The fourth-order valence-electron chi connectivity index (χ4n) is 6.25. The second-order valence-electron chi connectivity index (χ2n) is 10.7. The maximum Gasteiger partial charge on any atom is 0.412 e. The van der Waals surface area contributed by atoms with Crippen LogP contribution in [-0.2, 0) is 6.54 Å². The molecule has 37 heavy (non-hydrogen) atoms. The SMILES string of the molecule is COc1ccc(C)cc1N(C(=O)O)C1CC2CCCC(C1)N2CCCCCCNCc1cccc(Br)c1. The first-order chi connectivity index (χ1) is 18.0. The standard InChI is InChI=1S/C30H42BrN3O3/c1-22-13-14-29(37-2)28(17-22)34(30(35)36)27-19-25-11-8-12-26(20-27)33(25)16-6-4-3-5-15-32-21-23-9-7-10-24(31)18-23/h7,9-10,13-14,17-18,25-27,32H,3-6,8,11-12,15-16,19-21H2,1-2H3,(H,35,36). The van der Waals surface area contributed by atoms with E-state index in [0.29, 0.717) is 23.5 Å². The summed E-state index contributed by atoms with van der Waals surface area (Å²) in [5.41, 5.74) is 3.04. The van der Waals surface area contributed by atoms with Crippen LogP contribution in [0.2, 0.25) is 0 Å². The molecule has 1 amide bonds. The van der Waals surface area contributed by atoms with E-state index in [2.05, 4.69) is 50.4 Å². The van der Waals surface area contributed by atoms with Gasteiger partial charge < -0.3 is 15.2 Å². The highest BCUT2D eigenvalue weighted by atomic mass is 79.9. The molecule has 0 saturated carbocycles. The Balaban J connectivity index is 1.24. The van der Waals surface area contributed by atoms with Crippen molar-refractivity contribution in [1.82, 2.24) is 10.2 Å². The lowest BCUT2D eigenvalue weighted by atomic mass is 9.80. The monoisotopic (exact) mass is 571 g/mol. The first-order valence-electron chi connectivity index (χ1n) is 13.8. The predicted octanol–water partition coefficient (Wildman–Crippen LogP) is 6.99. The molecule has 6 nitrogen and oxygen atoms in total. The van der Waals surface area contributed by atoms with Crippen LogP contribution in [0.15, 0.2) is 46.9 Å². The van der Waals surface area contributed by atoms with E-state index in [-0.39, 0.29) is 6.04 Å². The summed E-state index contributed by atoms with van der Waals surface area (Å²) < 4.78 is 6.67. The average Bonchev–Trinajstić information content (AvgIpc) is 2.86. The van der Waals surface area contributed by atoms with E-state index in [4.69, 9.17) is 4.74 Å². The van der Waals surface area contributed by atoms with Crippen molar-refractivity contribution in [3.63, 3.8) is 0 Å². The van der Waals surface area contributed by atoms with Gasteiger partial charge in [0, 0.05) is 29.1 Å². The Labute approximate surface area is 230 Å². The summed E-state index contributed by atoms with van der Waals surface area (Å²) in [5, 5.41) is 13.8. The number of fused-ring (bicyclic) bond motifs is 2. The summed E-state index contributed by atoms with van der Waals surface area (Å²) in [6, 6.07) is 15.2. The van der Waals surface area contributed by atoms with E-state index in [1.807, 2.05) is 25.1 Å². The van der Waals surface area contributed by atoms with E-state index in [9.17, 15) is 9.90 Å². The number of nitrogens with one attached hydrogen (secondary N) is 1. The maximum atomic E-state index is 12.4. The molecule has 2 aromatic rings. The van der Waals surface area contributed by atoms with Crippen LogP contribution in [0, 0.1) is 6.92 Å². The lowest BCUT2D eigenvalue weighted by Gasteiger charge is -2.50. The third kappa shape index (κ3) is 7.49. The minimum Gasteiger partial charge on any atom is -0.495 e. The fraction of sp³-hybridized carbons (Fsp3) is 0.567. The molecule has 0 radical (unpaired) electrons. The Kier molecular flexibility index (Phi) is 10.3. The van der Waals surface area contributed by atoms with Crippen LogP contribution < -0.4 is 15.0 Å². The zero-order valence-corrected chi connectivity index (χ0v) is 23.9. The van der Waals surface area contributed by atoms with E-state index in [1.54, 1.807) is 12.0 Å². The highest BCUT2D eigenvalue weighted by Crippen LogP contribution is 2.40. The van der Waals surface area contributed by atoms with Crippen LogP contribution in [-0.4, -0.2) is 54.4 Å². The lowest BCUT2D eigenvalue weighted by molar-refractivity contribution is 0.0287. The van der Waals surface area contributed by atoms with Crippen molar-refractivity contribution in [2.24, 2.45) is 0 Å². The Hall–Kier alpha value is -2.09. The van der Waals surface area contributed by atoms with Gasteiger partial charge in [0.15, 0.2) is 0 Å². The number of hydrogen-bond acceptors (Lipinski definition) is 4. The number of anilines is 1. The number of rotatable bonds is 12. The normalized spacial score (nSPS) is 21.5. The number of amides is 1. The number of carboxylic acid groups (broad SMARTS) is 1. The average molecular weight is 573 g/mol. The minimum atomic E-state index is -0.881. The van der Waals surface area contributed by atoms with Crippen LogP contribution in [0.5, 0.6) is 5.75 Å². The van der Waals surface area contributed by atoms with Crippen LogP contribution in [0.25, 0.3) is 0 Å². The number of nitrogens with zero attached hydrogens (tertiary/aromatic N) is 2. The number of halogens is 1. The van der Waals surface area contributed by atoms with Crippen molar-refractivity contribution in [3.05, 3.63) is 58.1 Å². The summed E-state index contributed by atoms with van der Waals surface area (Å²) in [4.78, 5) is 16.7. The van der Waals surface area contributed by atoms with Crippen molar-refractivity contribution in [2.75, 3.05) is 25.1 Å². The van der Waals surface area contributed by atoms with Crippen molar-refractivity contribution in [3.8, 4) is 5.75 Å². The molecule has 2 fully saturated rings. The van der Waals surface area contributed by atoms with Crippen LogP contribution in [0.3, 0.4) is 0 Å². The van der Waals surface area contributed by atoms with E-state index < -0.39 is 6.09 Å². The van der Waals surface area contributed by atoms with Gasteiger partial charge in [0.25, 0.3) is 0 Å². The summed E-state index contributed by atoms with van der Waals surface area (Å²) in [6.07, 6.45) is 9.44. The van der Waals surface area contributed by atoms with Gasteiger partial charge in [-0.15, -0.1) is 0 Å². The molecule has 202 valence electrons. The number of methoxy groups -OCH3 is 1. The molecule has 2 aliphatic heterocycles. The molecule has 2 atom stereocenters. The Morgan fingerprint density at radius 1 is 1.11 bits per heavy atom. The molecule has 2 N–H and O–H groups in total. The van der Waals surface area contributed by atoms with E-state index in [1.165, 1.54) is 50.5 Å². The third-order valence-corrected chi connectivity index (χ3v) is 8.50. The molecular formula is C30H42BrN3O3. The molecule has 2 aliphatic rings. The lowest BCUT2D eigenvalue weighted by Crippen LogP contribution is -2.58. The Morgan fingerprint density at radius 2 is 1.86 bits per heavy atom. The van der Waals surface area contributed by atoms with Crippen molar-refractivity contribution < 1.29 is 14.6 Å². The second kappa shape index (κ2) is 13.6. The third-order valence-electron chi connectivity index (χ3n) is 8.00. The van der Waals surface area contributed by atoms with Crippen molar-refractivity contribution in [2.45, 2.75) is 89.4 Å². The van der Waals surface area contributed by atoms with Gasteiger partial charge in [-0.3, -0.25) is 9.80 Å². The summed E-state index contributed by atoms with van der Waals surface area (Å²) in [7, 11) is 1.62. The molecule has 0 spiro atoms. The summed E-state index contributed by atoms with van der Waals surface area (Å²) in [6.45, 7) is 5.10. The number of ether oxygens (including phenoxy) is 1. The number of carbonyl (C=O) groups is 1.